The van der Waals surface area contributed by atoms with Crippen LogP contribution in [-0.2, 0) is 11.2 Å². The van der Waals surface area contributed by atoms with Gasteiger partial charge in [-0.15, -0.1) is 0 Å². The summed E-state index contributed by atoms with van der Waals surface area (Å²) in [4.78, 5) is 24.1. The van der Waals surface area contributed by atoms with Crippen LogP contribution < -0.4 is 10.1 Å². The van der Waals surface area contributed by atoms with Gasteiger partial charge in [0.1, 0.15) is 5.75 Å². The van der Waals surface area contributed by atoms with Crippen molar-refractivity contribution < 1.29 is 14.1 Å². The summed E-state index contributed by atoms with van der Waals surface area (Å²) in [5.74, 6) is 2.44. The van der Waals surface area contributed by atoms with Gasteiger partial charge in [-0.3, -0.25) is 4.79 Å². The van der Waals surface area contributed by atoms with Crippen LogP contribution in [0.3, 0.4) is 0 Å². The van der Waals surface area contributed by atoms with Crippen molar-refractivity contribution >= 4 is 11.9 Å². The lowest BCUT2D eigenvalue weighted by molar-refractivity contribution is -0.131. The number of benzene rings is 1. The highest BCUT2D eigenvalue weighted by atomic mass is 16.5. The second-order valence-corrected chi connectivity index (χ2v) is 8.80. The number of amides is 1. The Morgan fingerprint density at radius 2 is 1.97 bits per heavy atom. The first kappa shape index (κ1) is 22.8. The third-order valence-corrected chi connectivity index (χ3v) is 5.88. The maximum atomic E-state index is 12.9. The molecule has 3 aromatic rings. The molecule has 1 fully saturated rings. The molecule has 33 heavy (non-hydrogen) atoms. The lowest BCUT2D eigenvalue weighted by Crippen LogP contribution is -2.39. The van der Waals surface area contributed by atoms with Crippen LogP contribution in [0.2, 0.25) is 0 Å². The van der Waals surface area contributed by atoms with Crippen molar-refractivity contribution in [3.05, 3.63) is 53.5 Å². The van der Waals surface area contributed by atoms with E-state index in [4.69, 9.17) is 14.2 Å². The summed E-state index contributed by atoms with van der Waals surface area (Å²) in [6.07, 6.45) is 3.89. The number of carbonyl (C=O) groups is 1. The van der Waals surface area contributed by atoms with E-state index >= 15 is 0 Å². The van der Waals surface area contributed by atoms with Crippen LogP contribution in [0.25, 0.3) is 11.3 Å². The fourth-order valence-electron chi connectivity index (χ4n) is 4.15. The van der Waals surface area contributed by atoms with Gasteiger partial charge in [0.25, 0.3) is 0 Å². The molecule has 1 aromatic carbocycles. The lowest BCUT2D eigenvalue weighted by Gasteiger charge is -2.32. The van der Waals surface area contributed by atoms with E-state index in [-0.39, 0.29) is 17.9 Å². The number of nitrogens with one attached hydrogen (secondary N) is 1. The largest absolute Gasteiger partial charge is 0.497 e. The number of hydrogen-bond acceptors (Lipinski definition) is 7. The standard InChI is InChI=1S/C25H31N5O3/c1-16(2)27-25-26-15-21(22-13-17(3)29-33-22)24(28-25)19-9-11-30(12-10-19)23(31)14-18-5-7-20(32-4)8-6-18/h5-8,13,15-16,19H,9-12,14H2,1-4H3,(H,26,27,28). The van der Waals surface area contributed by atoms with Gasteiger partial charge in [0.05, 0.1) is 30.5 Å². The molecular formula is C25H31N5O3. The van der Waals surface area contributed by atoms with Gasteiger partial charge >= 0.3 is 0 Å². The molecule has 174 valence electrons. The molecule has 1 saturated heterocycles. The first-order valence-corrected chi connectivity index (χ1v) is 11.4. The highest BCUT2D eigenvalue weighted by Gasteiger charge is 2.28. The average molecular weight is 450 g/mol. The fourth-order valence-corrected chi connectivity index (χ4v) is 4.15. The quantitative estimate of drug-likeness (QED) is 0.577. The number of anilines is 1. The van der Waals surface area contributed by atoms with Crippen molar-refractivity contribution in [3.8, 4) is 17.1 Å². The summed E-state index contributed by atoms with van der Waals surface area (Å²) in [5, 5.41) is 7.32. The average Bonchev–Trinajstić information content (AvgIpc) is 3.25. The number of likely N-dealkylation sites (tertiary alicyclic amines) is 1. The summed E-state index contributed by atoms with van der Waals surface area (Å²) in [5.41, 5.74) is 3.63. The Kier molecular flexibility index (Phi) is 6.91. The van der Waals surface area contributed by atoms with Gasteiger partial charge in [-0.2, -0.15) is 0 Å². The molecule has 0 saturated carbocycles. The number of methoxy groups -OCH3 is 1. The number of nitrogens with zero attached hydrogens (tertiary/aromatic N) is 4. The molecule has 1 amide bonds. The Morgan fingerprint density at radius 1 is 1.24 bits per heavy atom. The first-order chi connectivity index (χ1) is 15.9. The zero-order chi connectivity index (χ0) is 23.4. The summed E-state index contributed by atoms with van der Waals surface area (Å²) >= 11 is 0. The number of hydrogen-bond donors (Lipinski definition) is 1. The number of piperidine rings is 1. The molecule has 8 heteroatoms. The van der Waals surface area contributed by atoms with Gasteiger partial charge in [0.2, 0.25) is 11.9 Å². The maximum Gasteiger partial charge on any atom is 0.226 e. The number of aromatic nitrogens is 3. The Bertz CT molecular complexity index is 1090. The van der Waals surface area contributed by atoms with Gasteiger partial charge in [-0.1, -0.05) is 17.3 Å². The number of ether oxygens (including phenoxy) is 1. The molecule has 8 nitrogen and oxygen atoms in total. The Labute approximate surface area is 194 Å². The molecule has 0 aliphatic carbocycles. The number of carbonyl (C=O) groups excluding carboxylic acids is 1. The molecule has 0 spiro atoms. The van der Waals surface area contributed by atoms with E-state index in [1.54, 1.807) is 7.11 Å². The zero-order valence-corrected chi connectivity index (χ0v) is 19.7. The van der Waals surface area contributed by atoms with Gasteiger partial charge in [0, 0.05) is 37.3 Å². The molecule has 4 rings (SSSR count). The van der Waals surface area contributed by atoms with Gasteiger partial charge < -0.3 is 19.5 Å². The van der Waals surface area contributed by atoms with Crippen LogP contribution in [0.15, 0.2) is 41.1 Å². The minimum absolute atomic E-state index is 0.148. The lowest BCUT2D eigenvalue weighted by atomic mass is 9.90. The summed E-state index contributed by atoms with van der Waals surface area (Å²) in [7, 11) is 1.64. The SMILES string of the molecule is COc1ccc(CC(=O)N2CCC(c3nc(NC(C)C)ncc3-c3cc(C)no3)CC2)cc1. The van der Waals surface area contributed by atoms with Crippen molar-refractivity contribution in [1.29, 1.82) is 0 Å². The highest BCUT2D eigenvalue weighted by Crippen LogP contribution is 2.35. The van der Waals surface area contributed by atoms with E-state index in [0.717, 1.165) is 41.1 Å². The monoisotopic (exact) mass is 449 g/mol. The summed E-state index contributed by atoms with van der Waals surface area (Å²) in [6.45, 7) is 7.42. The Balaban J connectivity index is 1.47. The second-order valence-electron chi connectivity index (χ2n) is 8.80. The molecule has 0 bridgehead atoms. The molecule has 0 radical (unpaired) electrons. The van der Waals surface area contributed by atoms with E-state index in [1.807, 2.05) is 48.4 Å². The predicted octanol–water partition coefficient (Wildman–Crippen LogP) is 4.22. The summed E-state index contributed by atoms with van der Waals surface area (Å²) in [6, 6.07) is 9.80. The molecule has 3 heterocycles. The number of rotatable bonds is 7. The number of aryl methyl sites for hydroxylation is 1. The van der Waals surface area contributed by atoms with Gasteiger partial charge in [-0.05, 0) is 51.3 Å². The highest BCUT2D eigenvalue weighted by molar-refractivity contribution is 5.79. The van der Waals surface area contributed by atoms with Crippen LogP contribution in [0.5, 0.6) is 5.75 Å². The fraction of sp³-hybridized carbons (Fsp3) is 0.440. The van der Waals surface area contributed by atoms with E-state index in [1.165, 1.54) is 0 Å². The third kappa shape index (κ3) is 5.50. The molecule has 0 unspecified atom stereocenters. The smallest absolute Gasteiger partial charge is 0.226 e. The molecular weight excluding hydrogens is 418 g/mol. The van der Waals surface area contributed by atoms with Crippen LogP contribution in [0, 0.1) is 6.92 Å². The van der Waals surface area contributed by atoms with E-state index in [0.29, 0.717) is 31.2 Å². The maximum absolute atomic E-state index is 12.9. The second kappa shape index (κ2) is 10.0. The molecule has 1 aliphatic heterocycles. The minimum atomic E-state index is 0.148. The molecule has 0 atom stereocenters. The third-order valence-electron chi connectivity index (χ3n) is 5.88. The van der Waals surface area contributed by atoms with Crippen molar-refractivity contribution in [3.63, 3.8) is 0 Å². The van der Waals surface area contributed by atoms with Gasteiger partial charge in [0.15, 0.2) is 5.76 Å². The van der Waals surface area contributed by atoms with Crippen LogP contribution in [0.4, 0.5) is 5.95 Å². The van der Waals surface area contributed by atoms with E-state index in [9.17, 15) is 4.79 Å². The molecule has 1 aliphatic rings. The van der Waals surface area contributed by atoms with E-state index in [2.05, 4.69) is 29.3 Å². The van der Waals surface area contributed by atoms with Crippen LogP contribution in [0.1, 0.15) is 49.6 Å². The van der Waals surface area contributed by atoms with Crippen molar-refractivity contribution in [2.24, 2.45) is 0 Å². The van der Waals surface area contributed by atoms with Crippen molar-refractivity contribution in [2.75, 3.05) is 25.5 Å². The summed E-state index contributed by atoms with van der Waals surface area (Å²) < 4.78 is 10.7. The van der Waals surface area contributed by atoms with Crippen LogP contribution >= 0.6 is 0 Å². The molecule has 1 N–H and O–H groups in total. The van der Waals surface area contributed by atoms with E-state index < -0.39 is 0 Å². The van der Waals surface area contributed by atoms with Gasteiger partial charge in [-0.25, -0.2) is 9.97 Å². The topological polar surface area (TPSA) is 93.4 Å². The van der Waals surface area contributed by atoms with Crippen molar-refractivity contribution in [2.45, 2.75) is 52.0 Å². The Hall–Kier alpha value is -3.42. The normalized spacial score (nSPS) is 14.5. The zero-order valence-electron chi connectivity index (χ0n) is 19.7. The Morgan fingerprint density at radius 3 is 2.58 bits per heavy atom. The van der Waals surface area contributed by atoms with Crippen molar-refractivity contribution in [1.82, 2.24) is 20.0 Å². The minimum Gasteiger partial charge on any atom is -0.497 e. The molecule has 2 aromatic heterocycles. The van der Waals surface area contributed by atoms with Crippen LogP contribution in [-0.4, -0.2) is 52.2 Å². The predicted molar refractivity (Wildman–Crippen MR) is 126 cm³/mol. The first-order valence-electron chi connectivity index (χ1n) is 11.4.